The third-order valence-corrected chi connectivity index (χ3v) is 2.34. The van der Waals surface area contributed by atoms with Gasteiger partial charge in [0.1, 0.15) is 0 Å². The van der Waals surface area contributed by atoms with Crippen LogP contribution in [0.1, 0.15) is 10.4 Å². The molecule has 0 fully saturated rings. The molecule has 0 atom stereocenters. The highest BCUT2D eigenvalue weighted by atomic mass is 16.5. The second-order valence-corrected chi connectivity index (χ2v) is 3.38. The van der Waals surface area contributed by atoms with Gasteiger partial charge in [0.15, 0.2) is 0 Å². The number of carbonyl (C=O) groups excluding carboxylic acids is 1. The van der Waals surface area contributed by atoms with Crippen LogP contribution >= 0.6 is 0 Å². The zero-order valence-corrected chi connectivity index (χ0v) is 8.93. The van der Waals surface area contributed by atoms with Gasteiger partial charge in [0.05, 0.1) is 29.9 Å². The van der Waals surface area contributed by atoms with Crippen molar-refractivity contribution >= 4 is 16.9 Å². The summed E-state index contributed by atoms with van der Waals surface area (Å²) in [7, 11) is 2.91. The maximum atomic E-state index is 11.8. The lowest BCUT2D eigenvalue weighted by atomic mass is 10.1. The van der Waals surface area contributed by atoms with E-state index < -0.39 is 5.97 Å². The lowest BCUT2D eigenvalue weighted by Gasteiger charge is -2.02. The van der Waals surface area contributed by atoms with Gasteiger partial charge in [0.25, 0.3) is 5.56 Å². The van der Waals surface area contributed by atoms with Gasteiger partial charge in [-0.1, -0.05) is 0 Å². The van der Waals surface area contributed by atoms with Crippen LogP contribution in [-0.2, 0) is 11.8 Å². The number of ether oxygens (including phenoxy) is 1. The van der Waals surface area contributed by atoms with Crippen LogP contribution in [0.25, 0.3) is 10.9 Å². The van der Waals surface area contributed by atoms with E-state index in [0.717, 1.165) is 0 Å². The van der Waals surface area contributed by atoms with Crippen LogP contribution < -0.4 is 5.56 Å². The number of aryl methyl sites for hydroxylation is 1. The van der Waals surface area contributed by atoms with Crippen molar-refractivity contribution in [3.05, 3.63) is 40.4 Å². The molecule has 0 bridgehead atoms. The number of benzene rings is 1. The molecule has 0 saturated carbocycles. The van der Waals surface area contributed by atoms with Crippen LogP contribution in [0.2, 0.25) is 0 Å². The van der Waals surface area contributed by atoms with Crippen LogP contribution in [0.3, 0.4) is 0 Å². The Labute approximate surface area is 91.3 Å². The van der Waals surface area contributed by atoms with E-state index in [2.05, 4.69) is 9.72 Å². The molecule has 5 heteroatoms. The van der Waals surface area contributed by atoms with Crippen molar-refractivity contribution in [3.63, 3.8) is 0 Å². The van der Waals surface area contributed by atoms with Crippen LogP contribution in [0.5, 0.6) is 0 Å². The summed E-state index contributed by atoms with van der Waals surface area (Å²) in [5, 5.41) is 0.410. The average molecular weight is 218 g/mol. The summed E-state index contributed by atoms with van der Waals surface area (Å²) in [6.45, 7) is 0. The molecule has 0 amide bonds. The molecule has 2 rings (SSSR count). The highest BCUT2D eigenvalue weighted by molar-refractivity contribution is 5.94. The Balaban J connectivity index is 2.74. The standard InChI is InChI=1S/C11H10N2O3/c1-13-6-12-9-4-3-7(11(15)16-2)5-8(9)10(13)14/h3-6H,1-2H3. The Morgan fingerprint density at radius 1 is 1.44 bits per heavy atom. The first-order valence-electron chi connectivity index (χ1n) is 4.67. The first kappa shape index (κ1) is 10.4. The number of methoxy groups -OCH3 is 1. The Morgan fingerprint density at radius 2 is 2.19 bits per heavy atom. The van der Waals surface area contributed by atoms with Gasteiger partial charge in [-0.3, -0.25) is 4.79 Å². The van der Waals surface area contributed by atoms with Crippen molar-refractivity contribution in [2.75, 3.05) is 7.11 Å². The third kappa shape index (κ3) is 1.56. The minimum atomic E-state index is -0.465. The first-order chi connectivity index (χ1) is 7.63. The number of fused-ring (bicyclic) bond motifs is 1. The molecule has 1 heterocycles. The molecule has 0 saturated heterocycles. The van der Waals surface area contributed by atoms with E-state index in [-0.39, 0.29) is 5.56 Å². The molecule has 0 spiro atoms. The Kier molecular flexibility index (Phi) is 2.44. The summed E-state index contributed by atoms with van der Waals surface area (Å²) in [5.41, 5.74) is 0.728. The largest absolute Gasteiger partial charge is 0.465 e. The monoisotopic (exact) mass is 218 g/mol. The summed E-state index contributed by atoms with van der Waals surface area (Å²) in [4.78, 5) is 27.1. The number of nitrogens with zero attached hydrogens (tertiary/aromatic N) is 2. The van der Waals surface area contributed by atoms with E-state index in [9.17, 15) is 9.59 Å². The van der Waals surface area contributed by atoms with Crippen LogP contribution in [0, 0.1) is 0 Å². The van der Waals surface area contributed by atoms with Gasteiger partial charge in [-0.15, -0.1) is 0 Å². The van der Waals surface area contributed by atoms with Gasteiger partial charge >= 0.3 is 5.97 Å². The van der Waals surface area contributed by atoms with Crippen molar-refractivity contribution in [1.29, 1.82) is 0 Å². The van der Waals surface area contributed by atoms with E-state index in [0.29, 0.717) is 16.5 Å². The highest BCUT2D eigenvalue weighted by Crippen LogP contribution is 2.10. The summed E-state index contributed by atoms with van der Waals surface area (Å²) in [6.07, 6.45) is 1.45. The Hall–Kier alpha value is -2.17. The van der Waals surface area contributed by atoms with Crippen molar-refractivity contribution in [3.8, 4) is 0 Å². The highest BCUT2D eigenvalue weighted by Gasteiger charge is 2.08. The maximum absolute atomic E-state index is 11.8. The van der Waals surface area contributed by atoms with Crippen molar-refractivity contribution < 1.29 is 9.53 Å². The number of hydrogen-bond donors (Lipinski definition) is 0. The lowest BCUT2D eigenvalue weighted by molar-refractivity contribution is 0.0601. The minimum absolute atomic E-state index is 0.184. The van der Waals surface area contributed by atoms with E-state index >= 15 is 0 Å². The Bertz CT molecular complexity index is 616. The predicted molar refractivity (Wildman–Crippen MR) is 58.3 cm³/mol. The maximum Gasteiger partial charge on any atom is 0.337 e. The summed E-state index contributed by atoms with van der Waals surface area (Å²) in [5.74, 6) is -0.465. The molecule has 0 radical (unpaired) electrons. The van der Waals surface area contributed by atoms with Crippen LogP contribution in [0.4, 0.5) is 0 Å². The summed E-state index contributed by atoms with van der Waals surface area (Å²) >= 11 is 0. The molecule has 82 valence electrons. The van der Waals surface area contributed by atoms with Gasteiger partial charge < -0.3 is 9.30 Å². The summed E-state index contributed by atoms with van der Waals surface area (Å²) in [6, 6.07) is 4.71. The normalized spacial score (nSPS) is 10.4. The zero-order chi connectivity index (χ0) is 11.7. The molecule has 0 unspecified atom stereocenters. The second-order valence-electron chi connectivity index (χ2n) is 3.38. The first-order valence-corrected chi connectivity index (χ1v) is 4.67. The third-order valence-electron chi connectivity index (χ3n) is 2.34. The number of rotatable bonds is 1. The van der Waals surface area contributed by atoms with E-state index in [1.807, 2.05) is 0 Å². The van der Waals surface area contributed by atoms with Crippen LogP contribution in [0.15, 0.2) is 29.3 Å². The molecule has 1 aromatic carbocycles. The second kappa shape index (κ2) is 3.77. The fraction of sp³-hybridized carbons (Fsp3) is 0.182. The molecule has 2 aromatic rings. The zero-order valence-electron chi connectivity index (χ0n) is 8.93. The molecular weight excluding hydrogens is 208 g/mol. The topological polar surface area (TPSA) is 61.2 Å². The van der Waals surface area contributed by atoms with Crippen LogP contribution in [-0.4, -0.2) is 22.6 Å². The van der Waals surface area contributed by atoms with E-state index in [1.54, 1.807) is 19.2 Å². The minimum Gasteiger partial charge on any atom is -0.465 e. The number of esters is 1. The molecule has 5 nitrogen and oxygen atoms in total. The number of carbonyl (C=O) groups is 1. The fourth-order valence-corrected chi connectivity index (χ4v) is 1.46. The lowest BCUT2D eigenvalue weighted by Crippen LogP contribution is -2.17. The number of hydrogen-bond acceptors (Lipinski definition) is 4. The Morgan fingerprint density at radius 3 is 2.88 bits per heavy atom. The quantitative estimate of drug-likeness (QED) is 0.662. The smallest absolute Gasteiger partial charge is 0.337 e. The molecule has 0 N–H and O–H groups in total. The molecule has 0 aliphatic heterocycles. The fourth-order valence-electron chi connectivity index (χ4n) is 1.46. The average Bonchev–Trinajstić information content (AvgIpc) is 2.32. The molecule has 16 heavy (non-hydrogen) atoms. The SMILES string of the molecule is COC(=O)c1ccc2ncn(C)c(=O)c2c1. The number of aromatic nitrogens is 2. The van der Waals surface area contributed by atoms with Gasteiger partial charge in [-0.2, -0.15) is 0 Å². The predicted octanol–water partition coefficient (Wildman–Crippen LogP) is 0.720. The molecule has 0 aliphatic rings. The van der Waals surface area contributed by atoms with Crippen molar-refractivity contribution in [2.45, 2.75) is 0 Å². The van der Waals surface area contributed by atoms with Crippen molar-refractivity contribution in [1.82, 2.24) is 9.55 Å². The van der Waals surface area contributed by atoms with E-state index in [4.69, 9.17) is 0 Å². The van der Waals surface area contributed by atoms with Gasteiger partial charge in [-0.25, -0.2) is 9.78 Å². The molecule has 0 aliphatic carbocycles. The van der Waals surface area contributed by atoms with E-state index in [1.165, 1.54) is 24.1 Å². The van der Waals surface area contributed by atoms with Gasteiger partial charge in [-0.05, 0) is 18.2 Å². The van der Waals surface area contributed by atoms with Gasteiger partial charge in [0, 0.05) is 7.05 Å². The molecule has 1 aromatic heterocycles. The van der Waals surface area contributed by atoms with Gasteiger partial charge in [0.2, 0.25) is 0 Å². The molecular formula is C11H10N2O3. The van der Waals surface area contributed by atoms with Crippen molar-refractivity contribution in [2.24, 2.45) is 7.05 Å². The summed E-state index contributed by atoms with van der Waals surface area (Å²) < 4.78 is 5.95.